The van der Waals surface area contributed by atoms with Crippen molar-refractivity contribution >= 4 is 56.5 Å². The monoisotopic (exact) mass is 468 g/mol. The molecule has 1 amide bonds. The molecule has 1 aliphatic carbocycles. The van der Waals surface area contributed by atoms with E-state index in [9.17, 15) is 9.59 Å². The molecule has 0 spiro atoms. The molecule has 31 heavy (non-hydrogen) atoms. The van der Waals surface area contributed by atoms with Crippen molar-refractivity contribution in [3.05, 3.63) is 75.1 Å². The lowest BCUT2D eigenvalue weighted by molar-refractivity contribution is -0.113. The second-order valence-electron chi connectivity index (χ2n) is 7.19. The first-order valence-corrected chi connectivity index (χ1v) is 12.0. The van der Waals surface area contributed by atoms with Gasteiger partial charge in [-0.2, -0.15) is 0 Å². The SMILES string of the molecule is O=C(CSc1nc2scc(C3CC3)c2c(=O)n1-c1ccccc1)Nc1cccnc1Cl. The lowest BCUT2D eigenvalue weighted by Crippen LogP contribution is -2.23. The number of rotatable bonds is 6. The Balaban J connectivity index is 1.49. The fourth-order valence-corrected chi connectivity index (χ4v) is 5.43. The third-order valence-corrected chi connectivity index (χ3v) is 7.13. The summed E-state index contributed by atoms with van der Waals surface area (Å²) in [4.78, 5) is 35.5. The van der Waals surface area contributed by atoms with Gasteiger partial charge in [0, 0.05) is 6.20 Å². The molecule has 1 saturated carbocycles. The van der Waals surface area contributed by atoms with E-state index in [1.54, 1.807) is 22.9 Å². The van der Waals surface area contributed by atoms with E-state index in [0.717, 1.165) is 28.9 Å². The Morgan fingerprint density at radius 3 is 2.77 bits per heavy atom. The van der Waals surface area contributed by atoms with E-state index in [1.807, 2.05) is 30.3 Å². The van der Waals surface area contributed by atoms with Gasteiger partial charge >= 0.3 is 0 Å². The zero-order valence-corrected chi connectivity index (χ0v) is 18.6. The smallest absolute Gasteiger partial charge is 0.267 e. The summed E-state index contributed by atoms with van der Waals surface area (Å²) in [6.45, 7) is 0. The maximum Gasteiger partial charge on any atom is 0.267 e. The summed E-state index contributed by atoms with van der Waals surface area (Å²) in [5.41, 5.74) is 2.19. The van der Waals surface area contributed by atoms with Crippen LogP contribution in [0, 0.1) is 0 Å². The van der Waals surface area contributed by atoms with Gasteiger partial charge in [0.05, 0.1) is 22.5 Å². The van der Waals surface area contributed by atoms with Crippen molar-refractivity contribution in [2.45, 2.75) is 23.9 Å². The van der Waals surface area contributed by atoms with E-state index in [2.05, 4.69) is 15.7 Å². The molecule has 5 rings (SSSR count). The highest BCUT2D eigenvalue weighted by atomic mass is 35.5. The van der Waals surface area contributed by atoms with Crippen LogP contribution in [0.15, 0.2) is 64.0 Å². The van der Waals surface area contributed by atoms with Gasteiger partial charge in [-0.1, -0.05) is 41.6 Å². The van der Waals surface area contributed by atoms with Gasteiger partial charge < -0.3 is 5.32 Å². The maximum absolute atomic E-state index is 13.5. The van der Waals surface area contributed by atoms with Crippen molar-refractivity contribution in [1.29, 1.82) is 0 Å². The summed E-state index contributed by atoms with van der Waals surface area (Å²) in [6, 6.07) is 12.8. The Hall–Kier alpha value is -2.68. The third kappa shape index (κ3) is 4.11. The van der Waals surface area contributed by atoms with Crippen LogP contribution < -0.4 is 10.9 Å². The quantitative estimate of drug-likeness (QED) is 0.242. The number of amides is 1. The van der Waals surface area contributed by atoms with Gasteiger partial charge in [0.25, 0.3) is 5.56 Å². The molecular weight excluding hydrogens is 452 g/mol. The summed E-state index contributed by atoms with van der Waals surface area (Å²) in [7, 11) is 0. The normalized spacial score (nSPS) is 13.5. The molecule has 3 heterocycles. The first-order valence-electron chi connectivity index (χ1n) is 9.74. The summed E-state index contributed by atoms with van der Waals surface area (Å²) >= 11 is 8.73. The number of pyridine rings is 1. The third-order valence-electron chi connectivity index (χ3n) is 5.00. The molecule has 0 bridgehead atoms. The van der Waals surface area contributed by atoms with Crippen LogP contribution in [0.2, 0.25) is 5.15 Å². The number of hydrogen-bond acceptors (Lipinski definition) is 6. The molecule has 0 radical (unpaired) electrons. The van der Waals surface area contributed by atoms with Crippen LogP contribution in [0.1, 0.15) is 24.3 Å². The van der Waals surface area contributed by atoms with Crippen molar-refractivity contribution in [3.8, 4) is 5.69 Å². The Kier molecular flexibility index (Phi) is 5.52. The average Bonchev–Trinajstić information content (AvgIpc) is 3.53. The molecule has 156 valence electrons. The van der Waals surface area contributed by atoms with Crippen molar-refractivity contribution in [2.24, 2.45) is 0 Å². The fourth-order valence-electron chi connectivity index (χ4n) is 3.39. The van der Waals surface area contributed by atoms with Gasteiger partial charge in [0.2, 0.25) is 5.91 Å². The molecule has 4 aromatic rings. The number of para-hydroxylation sites is 1. The zero-order chi connectivity index (χ0) is 21.4. The van der Waals surface area contributed by atoms with Crippen LogP contribution in [0.25, 0.3) is 15.9 Å². The van der Waals surface area contributed by atoms with E-state index in [4.69, 9.17) is 16.6 Å². The van der Waals surface area contributed by atoms with E-state index in [-0.39, 0.29) is 22.4 Å². The van der Waals surface area contributed by atoms with Crippen molar-refractivity contribution in [2.75, 3.05) is 11.1 Å². The number of thiophene rings is 1. The van der Waals surface area contributed by atoms with Gasteiger partial charge in [-0.05, 0) is 54.0 Å². The first-order chi connectivity index (χ1) is 15.1. The van der Waals surface area contributed by atoms with Gasteiger partial charge in [-0.25, -0.2) is 9.97 Å². The standard InChI is InChI=1S/C22H17ClN4O2S2/c23-19-16(7-4-10-24-19)25-17(28)12-31-22-26-20-18(15(11-30-20)13-8-9-13)21(29)27(22)14-5-2-1-3-6-14/h1-7,10-11,13H,8-9,12H2,(H,25,28). The van der Waals surface area contributed by atoms with Crippen LogP contribution >= 0.6 is 34.7 Å². The topological polar surface area (TPSA) is 76.9 Å². The summed E-state index contributed by atoms with van der Waals surface area (Å²) in [5, 5.41) is 6.22. The Morgan fingerprint density at radius 1 is 1.23 bits per heavy atom. The van der Waals surface area contributed by atoms with E-state index < -0.39 is 0 Å². The predicted molar refractivity (Wildman–Crippen MR) is 126 cm³/mol. The van der Waals surface area contributed by atoms with Crippen LogP contribution in [-0.2, 0) is 4.79 Å². The molecule has 0 atom stereocenters. The molecule has 6 nitrogen and oxygen atoms in total. The van der Waals surface area contributed by atoms with Crippen LogP contribution in [0.3, 0.4) is 0 Å². The molecule has 9 heteroatoms. The van der Waals surface area contributed by atoms with E-state index in [1.165, 1.54) is 23.1 Å². The number of hydrogen-bond donors (Lipinski definition) is 1. The first kappa shape index (κ1) is 20.2. The lowest BCUT2D eigenvalue weighted by Gasteiger charge is -2.12. The highest BCUT2D eigenvalue weighted by molar-refractivity contribution is 7.99. The second-order valence-corrected chi connectivity index (χ2v) is 9.35. The minimum atomic E-state index is -0.251. The molecule has 3 aromatic heterocycles. The number of halogens is 1. The number of anilines is 1. The Bertz CT molecular complexity index is 1330. The zero-order valence-electron chi connectivity index (χ0n) is 16.2. The molecule has 0 unspecified atom stereocenters. The number of benzene rings is 1. The summed E-state index contributed by atoms with van der Waals surface area (Å²) in [5.74, 6) is 0.288. The van der Waals surface area contributed by atoms with Crippen LogP contribution in [0.4, 0.5) is 5.69 Å². The highest BCUT2D eigenvalue weighted by Crippen LogP contribution is 2.44. The number of thioether (sulfide) groups is 1. The van der Waals surface area contributed by atoms with E-state index >= 15 is 0 Å². The van der Waals surface area contributed by atoms with Gasteiger partial charge in [-0.15, -0.1) is 11.3 Å². The summed E-state index contributed by atoms with van der Waals surface area (Å²) < 4.78 is 1.61. The maximum atomic E-state index is 13.5. The minimum absolute atomic E-state index is 0.0802. The number of carbonyl (C=O) groups is 1. The number of aromatic nitrogens is 3. The number of fused-ring (bicyclic) bond motifs is 1. The van der Waals surface area contributed by atoms with Gasteiger partial charge in [-0.3, -0.25) is 14.2 Å². The van der Waals surface area contributed by atoms with Crippen molar-refractivity contribution in [1.82, 2.24) is 14.5 Å². The molecule has 0 aliphatic heterocycles. The number of nitrogens with zero attached hydrogens (tertiary/aromatic N) is 3. The molecule has 1 aliphatic rings. The summed E-state index contributed by atoms with van der Waals surface area (Å²) in [6.07, 6.45) is 3.79. The van der Waals surface area contributed by atoms with Gasteiger partial charge in [0.15, 0.2) is 10.3 Å². The van der Waals surface area contributed by atoms with Crippen LogP contribution in [-0.4, -0.2) is 26.2 Å². The van der Waals surface area contributed by atoms with Crippen molar-refractivity contribution in [3.63, 3.8) is 0 Å². The predicted octanol–water partition coefficient (Wildman–Crippen LogP) is 5.10. The molecule has 1 fully saturated rings. The number of nitrogens with one attached hydrogen (secondary N) is 1. The fraction of sp³-hybridized carbons (Fsp3) is 0.182. The Labute approximate surface area is 191 Å². The highest BCUT2D eigenvalue weighted by Gasteiger charge is 2.29. The van der Waals surface area contributed by atoms with Crippen molar-refractivity contribution < 1.29 is 4.79 Å². The van der Waals surface area contributed by atoms with E-state index in [0.29, 0.717) is 22.1 Å². The second kappa shape index (κ2) is 8.45. The molecule has 1 N–H and O–H groups in total. The minimum Gasteiger partial charge on any atom is -0.323 e. The Morgan fingerprint density at radius 2 is 2.03 bits per heavy atom. The van der Waals surface area contributed by atoms with Crippen LogP contribution in [0.5, 0.6) is 0 Å². The molecule has 0 saturated heterocycles. The van der Waals surface area contributed by atoms with Gasteiger partial charge in [0.1, 0.15) is 4.83 Å². The largest absolute Gasteiger partial charge is 0.323 e. The lowest BCUT2D eigenvalue weighted by atomic mass is 10.1. The average molecular weight is 469 g/mol. The molecular formula is C22H17ClN4O2S2. The molecule has 1 aromatic carbocycles. The number of carbonyl (C=O) groups excluding carboxylic acids is 1.